The SMILES string of the molecule is O=C(Cc1ccc(Cl)cc1Cl)N[C@H](C[NH+]1CCOCC1)c1ccccc1. The van der Waals surface area contributed by atoms with Crippen LogP contribution in [0.2, 0.25) is 10.0 Å². The van der Waals surface area contributed by atoms with Gasteiger partial charge in [-0.25, -0.2) is 0 Å². The minimum atomic E-state index is -0.0456. The zero-order valence-corrected chi connectivity index (χ0v) is 16.0. The molecule has 0 spiro atoms. The van der Waals surface area contributed by atoms with Crippen molar-refractivity contribution in [2.24, 2.45) is 0 Å². The molecule has 6 heteroatoms. The quantitative estimate of drug-likeness (QED) is 0.790. The minimum absolute atomic E-state index is 0.0390. The number of quaternary nitrogens is 1. The summed E-state index contributed by atoms with van der Waals surface area (Å²) in [6.45, 7) is 4.30. The van der Waals surface area contributed by atoms with Gasteiger partial charge in [0.2, 0.25) is 5.91 Å². The summed E-state index contributed by atoms with van der Waals surface area (Å²) < 4.78 is 5.44. The Morgan fingerprint density at radius 1 is 1.12 bits per heavy atom. The van der Waals surface area contributed by atoms with Gasteiger partial charge in [-0.05, 0) is 23.3 Å². The lowest BCUT2D eigenvalue weighted by Crippen LogP contribution is -3.14. The first kappa shape index (κ1) is 19.2. The van der Waals surface area contributed by atoms with E-state index < -0.39 is 0 Å². The molecule has 1 saturated heterocycles. The summed E-state index contributed by atoms with van der Waals surface area (Å²) in [4.78, 5) is 14.1. The van der Waals surface area contributed by atoms with Gasteiger partial charge < -0.3 is 15.0 Å². The van der Waals surface area contributed by atoms with E-state index in [-0.39, 0.29) is 18.4 Å². The van der Waals surface area contributed by atoms with Crippen molar-refractivity contribution in [1.29, 1.82) is 0 Å². The van der Waals surface area contributed by atoms with Crippen molar-refractivity contribution in [1.82, 2.24) is 5.32 Å². The maximum Gasteiger partial charge on any atom is 0.225 e. The fourth-order valence-corrected chi connectivity index (χ4v) is 3.65. The van der Waals surface area contributed by atoms with Crippen LogP contribution in [0.3, 0.4) is 0 Å². The van der Waals surface area contributed by atoms with Gasteiger partial charge in [-0.2, -0.15) is 0 Å². The van der Waals surface area contributed by atoms with Crippen LogP contribution < -0.4 is 10.2 Å². The second-order valence-corrected chi connectivity index (χ2v) is 7.35. The fourth-order valence-electron chi connectivity index (χ4n) is 3.17. The van der Waals surface area contributed by atoms with Crippen molar-refractivity contribution in [3.05, 3.63) is 69.7 Å². The van der Waals surface area contributed by atoms with E-state index in [2.05, 4.69) is 17.4 Å². The molecule has 0 aromatic heterocycles. The van der Waals surface area contributed by atoms with E-state index in [4.69, 9.17) is 27.9 Å². The summed E-state index contributed by atoms with van der Waals surface area (Å²) in [6.07, 6.45) is 0.234. The average molecular weight is 394 g/mol. The van der Waals surface area contributed by atoms with E-state index in [1.54, 1.807) is 18.2 Å². The van der Waals surface area contributed by atoms with Crippen LogP contribution in [0.4, 0.5) is 0 Å². The molecule has 26 heavy (non-hydrogen) atoms. The first-order valence-corrected chi connectivity index (χ1v) is 9.57. The second kappa shape index (κ2) is 9.38. The predicted molar refractivity (Wildman–Crippen MR) is 104 cm³/mol. The standard InChI is InChI=1S/C20H22Cl2N2O2/c21-17-7-6-16(18(22)13-17)12-20(25)23-19(15-4-2-1-3-5-15)14-24-8-10-26-11-9-24/h1-7,13,19H,8-12,14H2,(H,23,25)/p+1/t19-/m1/s1. The van der Waals surface area contributed by atoms with Crippen LogP contribution in [0.15, 0.2) is 48.5 Å². The van der Waals surface area contributed by atoms with E-state index in [0.29, 0.717) is 10.0 Å². The first-order valence-electron chi connectivity index (χ1n) is 8.81. The number of hydrogen-bond acceptors (Lipinski definition) is 2. The zero-order valence-electron chi connectivity index (χ0n) is 14.5. The number of nitrogens with one attached hydrogen (secondary N) is 2. The molecule has 2 aromatic carbocycles. The van der Waals surface area contributed by atoms with Gasteiger partial charge in [0.1, 0.15) is 25.7 Å². The highest BCUT2D eigenvalue weighted by Crippen LogP contribution is 2.21. The van der Waals surface area contributed by atoms with Gasteiger partial charge in [-0.15, -0.1) is 0 Å². The Hall–Kier alpha value is -1.59. The number of carbonyl (C=O) groups excluding carboxylic acids is 1. The average Bonchev–Trinajstić information content (AvgIpc) is 2.65. The molecule has 3 rings (SSSR count). The molecule has 138 valence electrons. The van der Waals surface area contributed by atoms with E-state index in [0.717, 1.165) is 44.0 Å². The highest BCUT2D eigenvalue weighted by Gasteiger charge is 2.23. The highest BCUT2D eigenvalue weighted by molar-refractivity contribution is 6.35. The van der Waals surface area contributed by atoms with E-state index in [9.17, 15) is 4.79 Å². The third-order valence-corrected chi connectivity index (χ3v) is 5.18. The van der Waals surface area contributed by atoms with Gasteiger partial charge in [0.15, 0.2) is 0 Å². The Morgan fingerprint density at radius 2 is 1.85 bits per heavy atom. The van der Waals surface area contributed by atoms with Crippen LogP contribution in [0.1, 0.15) is 17.2 Å². The lowest BCUT2D eigenvalue weighted by molar-refractivity contribution is -0.909. The Labute approximate surface area is 164 Å². The molecule has 4 nitrogen and oxygen atoms in total. The van der Waals surface area contributed by atoms with Crippen molar-refractivity contribution in [2.75, 3.05) is 32.8 Å². The number of rotatable bonds is 6. The van der Waals surface area contributed by atoms with Gasteiger partial charge in [-0.1, -0.05) is 59.6 Å². The number of ether oxygens (including phenoxy) is 1. The van der Waals surface area contributed by atoms with Gasteiger partial charge in [0.05, 0.1) is 19.6 Å². The number of carbonyl (C=O) groups is 1. The molecular formula is C20H23Cl2N2O2+. The van der Waals surface area contributed by atoms with Gasteiger partial charge in [-0.3, -0.25) is 4.79 Å². The Kier molecular flexibility index (Phi) is 6.92. The summed E-state index contributed by atoms with van der Waals surface area (Å²) in [5.41, 5.74) is 1.89. The molecule has 0 radical (unpaired) electrons. The van der Waals surface area contributed by atoms with Crippen molar-refractivity contribution < 1.29 is 14.4 Å². The van der Waals surface area contributed by atoms with Gasteiger partial charge in [0, 0.05) is 10.0 Å². The molecule has 0 unspecified atom stereocenters. The van der Waals surface area contributed by atoms with E-state index >= 15 is 0 Å². The molecule has 1 heterocycles. The smallest absolute Gasteiger partial charge is 0.225 e. The molecule has 1 amide bonds. The molecule has 1 aliphatic rings. The molecule has 0 aliphatic carbocycles. The predicted octanol–water partition coefficient (Wildman–Crippen LogP) is 2.31. The molecule has 2 aromatic rings. The lowest BCUT2D eigenvalue weighted by Gasteiger charge is -2.28. The van der Waals surface area contributed by atoms with E-state index in [1.807, 2.05) is 18.2 Å². The third kappa shape index (κ3) is 5.45. The van der Waals surface area contributed by atoms with Crippen LogP contribution in [0, 0.1) is 0 Å². The summed E-state index contributed by atoms with van der Waals surface area (Å²) in [5, 5.41) is 4.26. The van der Waals surface area contributed by atoms with Gasteiger partial charge in [0.25, 0.3) is 0 Å². The highest BCUT2D eigenvalue weighted by atomic mass is 35.5. The Balaban J connectivity index is 1.68. The minimum Gasteiger partial charge on any atom is -0.370 e. The maximum atomic E-state index is 12.6. The number of halogens is 2. The molecule has 0 saturated carbocycles. The molecule has 0 bridgehead atoms. The van der Waals surface area contributed by atoms with Crippen molar-refractivity contribution in [3.63, 3.8) is 0 Å². The largest absolute Gasteiger partial charge is 0.370 e. The number of hydrogen-bond donors (Lipinski definition) is 2. The summed E-state index contributed by atoms with van der Waals surface area (Å²) in [5.74, 6) is -0.0456. The van der Waals surface area contributed by atoms with Crippen LogP contribution in [0.25, 0.3) is 0 Å². The molecule has 1 aliphatic heterocycles. The molecule has 1 atom stereocenters. The van der Waals surface area contributed by atoms with Gasteiger partial charge >= 0.3 is 0 Å². The van der Waals surface area contributed by atoms with Crippen LogP contribution in [-0.2, 0) is 16.0 Å². The number of amides is 1. The van der Waals surface area contributed by atoms with Crippen molar-refractivity contribution in [2.45, 2.75) is 12.5 Å². The molecule has 2 N–H and O–H groups in total. The van der Waals surface area contributed by atoms with Crippen molar-refractivity contribution >= 4 is 29.1 Å². The van der Waals surface area contributed by atoms with Crippen LogP contribution >= 0.6 is 23.2 Å². The second-order valence-electron chi connectivity index (χ2n) is 6.51. The number of morpholine rings is 1. The molecular weight excluding hydrogens is 371 g/mol. The Bertz CT molecular complexity index is 734. The van der Waals surface area contributed by atoms with Crippen LogP contribution in [0.5, 0.6) is 0 Å². The fraction of sp³-hybridized carbons (Fsp3) is 0.350. The Morgan fingerprint density at radius 3 is 2.54 bits per heavy atom. The maximum absolute atomic E-state index is 12.6. The summed E-state index contributed by atoms with van der Waals surface area (Å²) in [7, 11) is 0. The number of benzene rings is 2. The lowest BCUT2D eigenvalue weighted by atomic mass is 10.0. The monoisotopic (exact) mass is 393 g/mol. The van der Waals surface area contributed by atoms with E-state index in [1.165, 1.54) is 4.90 Å². The topological polar surface area (TPSA) is 42.8 Å². The normalized spacial score (nSPS) is 16.2. The van der Waals surface area contributed by atoms with Crippen LogP contribution in [-0.4, -0.2) is 38.8 Å². The first-order chi connectivity index (χ1) is 12.6. The van der Waals surface area contributed by atoms with Crippen molar-refractivity contribution in [3.8, 4) is 0 Å². The summed E-state index contributed by atoms with van der Waals surface area (Å²) in [6, 6.07) is 15.3. The third-order valence-electron chi connectivity index (χ3n) is 4.60. The zero-order chi connectivity index (χ0) is 18.4. The molecule has 1 fully saturated rings. The summed E-state index contributed by atoms with van der Waals surface area (Å²) >= 11 is 12.1.